The number of rotatable bonds is 3. The third-order valence-corrected chi connectivity index (χ3v) is 5.32. The van der Waals surface area contributed by atoms with Gasteiger partial charge in [-0.25, -0.2) is 14.5 Å². The summed E-state index contributed by atoms with van der Waals surface area (Å²) in [5, 5.41) is 6.18. The van der Waals surface area contributed by atoms with Crippen molar-refractivity contribution >= 4 is 17.6 Å². The Balaban J connectivity index is 1.42. The molecule has 3 heterocycles. The van der Waals surface area contributed by atoms with Gasteiger partial charge in [-0.15, -0.1) is 0 Å². The minimum Gasteiger partial charge on any atom is -0.368 e. The predicted molar refractivity (Wildman–Crippen MR) is 103 cm³/mol. The normalized spacial score (nSPS) is 19.5. The van der Waals surface area contributed by atoms with Crippen molar-refractivity contribution < 1.29 is 27.5 Å². The smallest absolute Gasteiger partial charge is 0.368 e. The number of carbonyl (C=O) groups is 2. The van der Waals surface area contributed by atoms with Crippen molar-refractivity contribution in [2.45, 2.75) is 25.1 Å². The Kier molecular flexibility index (Phi) is 5.81. The molecule has 2 saturated heterocycles. The number of hydrogen-bond acceptors (Lipinski definition) is 5. The average molecular weight is 438 g/mol. The fourth-order valence-electron chi connectivity index (χ4n) is 3.66. The van der Waals surface area contributed by atoms with Crippen molar-refractivity contribution in [2.24, 2.45) is 0 Å². The number of urea groups is 1. The van der Waals surface area contributed by atoms with Crippen molar-refractivity contribution in [3.05, 3.63) is 36.4 Å². The molecule has 166 valence electrons. The highest BCUT2D eigenvalue weighted by molar-refractivity contribution is 5.91. The molecule has 1 aromatic heterocycles. The van der Waals surface area contributed by atoms with Crippen LogP contribution in [0.2, 0.25) is 0 Å². The first kappa shape index (κ1) is 21.1. The monoisotopic (exact) mass is 438 g/mol. The van der Waals surface area contributed by atoms with Gasteiger partial charge in [0.25, 0.3) is 5.91 Å². The van der Waals surface area contributed by atoms with E-state index in [9.17, 15) is 22.8 Å². The molecule has 0 radical (unpaired) electrons. The van der Waals surface area contributed by atoms with E-state index in [1.807, 2.05) is 0 Å². The summed E-state index contributed by atoms with van der Waals surface area (Å²) in [6.45, 7) is 1.63. The first-order chi connectivity index (χ1) is 14.8. The number of alkyl halides is 3. The van der Waals surface area contributed by atoms with Crippen LogP contribution < -0.4 is 5.32 Å². The highest BCUT2D eigenvalue weighted by atomic mass is 19.4. The van der Waals surface area contributed by atoms with Crippen LogP contribution >= 0.6 is 0 Å². The molecule has 0 bridgehead atoms. The predicted octanol–water partition coefficient (Wildman–Crippen LogP) is 2.14. The second kappa shape index (κ2) is 8.53. The number of halogens is 3. The van der Waals surface area contributed by atoms with Crippen molar-refractivity contribution in [3.8, 4) is 5.69 Å². The molecule has 2 aromatic rings. The highest BCUT2D eigenvalue weighted by Crippen LogP contribution is 2.36. The van der Waals surface area contributed by atoms with Gasteiger partial charge in [-0.3, -0.25) is 4.79 Å². The minimum absolute atomic E-state index is 0.0967. The largest absolute Gasteiger partial charge is 0.418 e. The molecule has 9 nitrogen and oxygen atoms in total. The van der Waals surface area contributed by atoms with Gasteiger partial charge in [0.2, 0.25) is 0 Å². The van der Waals surface area contributed by atoms with Crippen molar-refractivity contribution in [1.82, 2.24) is 24.6 Å². The second-order valence-corrected chi connectivity index (χ2v) is 7.31. The SMILES string of the molecule is O=C(Nc1ccc(-n2cncn2)cc1C(F)(F)F)N1CCN(C(=O)[C@H]2CCCO2)CC1. The standard InChI is InChI=1S/C19H21F3N6O3/c20-19(21,22)14-10-13(28-12-23-11-24-28)3-4-15(14)25-18(30)27-7-5-26(6-8-27)17(29)16-2-1-9-31-16/h3-4,10-12,16H,1-2,5-9H2,(H,25,30)/t16-/m1/s1. The first-order valence-electron chi connectivity index (χ1n) is 9.85. The van der Waals surface area contributed by atoms with Crippen molar-refractivity contribution in [2.75, 3.05) is 38.1 Å². The molecule has 4 rings (SSSR count). The van der Waals surface area contributed by atoms with Crippen LogP contribution in [0.3, 0.4) is 0 Å². The van der Waals surface area contributed by atoms with Gasteiger partial charge in [-0.1, -0.05) is 0 Å². The molecule has 1 aromatic carbocycles. The van der Waals surface area contributed by atoms with Crippen molar-refractivity contribution in [1.29, 1.82) is 0 Å². The molecule has 0 aliphatic carbocycles. The highest BCUT2D eigenvalue weighted by Gasteiger charge is 2.36. The molecule has 3 amide bonds. The molecule has 31 heavy (non-hydrogen) atoms. The van der Waals surface area contributed by atoms with Crippen LogP contribution in [0.4, 0.5) is 23.7 Å². The van der Waals surface area contributed by atoms with E-state index < -0.39 is 23.9 Å². The molecule has 2 fully saturated rings. The molecular weight excluding hydrogens is 417 g/mol. The zero-order chi connectivity index (χ0) is 22.0. The quantitative estimate of drug-likeness (QED) is 0.793. The van der Waals surface area contributed by atoms with Crippen LogP contribution in [0, 0.1) is 0 Å². The lowest BCUT2D eigenvalue weighted by atomic mass is 10.1. The molecule has 0 spiro atoms. The van der Waals surface area contributed by atoms with E-state index >= 15 is 0 Å². The zero-order valence-corrected chi connectivity index (χ0v) is 16.5. The lowest BCUT2D eigenvalue weighted by Gasteiger charge is -2.35. The Hall–Kier alpha value is -3.15. The molecule has 2 aliphatic rings. The maximum atomic E-state index is 13.6. The number of nitrogens with zero attached hydrogens (tertiary/aromatic N) is 5. The van der Waals surface area contributed by atoms with E-state index in [1.165, 1.54) is 34.4 Å². The Morgan fingerprint density at radius 3 is 2.48 bits per heavy atom. The molecule has 1 atom stereocenters. The second-order valence-electron chi connectivity index (χ2n) is 7.31. The number of carbonyl (C=O) groups excluding carboxylic acids is 2. The Morgan fingerprint density at radius 2 is 1.87 bits per heavy atom. The molecule has 2 aliphatic heterocycles. The van der Waals surface area contributed by atoms with E-state index in [2.05, 4.69) is 15.4 Å². The van der Waals surface area contributed by atoms with Gasteiger partial charge in [0.05, 0.1) is 16.9 Å². The van der Waals surface area contributed by atoms with Gasteiger partial charge in [0, 0.05) is 32.8 Å². The fourth-order valence-corrected chi connectivity index (χ4v) is 3.66. The maximum Gasteiger partial charge on any atom is 0.418 e. The number of anilines is 1. The molecule has 0 unspecified atom stereocenters. The molecule has 1 N–H and O–H groups in total. The van der Waals surface area contributed by atoms with E-state index in [-0.39, 0.29) is 30.4 Å². The third kappa shape index (κ3) is 4.63. The first-order valence-corrected chi connectivity index (χ1v) is 9.85. The lowest BCUT2D eigenvalue weighted by molar-refractivity contribution is -0.142. The molecular formula is C19H21F3N6O3. The van der Waals surface area contributed by atoms with Crippen LogP contribution in [0.5, 0.6) is 0 Å². The molecule has 12 heteroatoms. The summed E-state index contributed by atoms with van der Waals surface area (Å²) in [5.41, 5.74) is -1.16. The van der Waals surface area contributed by atoms with Gasteiger partial charge >= 0.3 is 12.2 Å². The van der Waals surface area contributed by atoms with E-state index in [4.69, 9.17) is 4.74 Å². The third-order valence-electron chi connectivity index (χ3n) is 5.32. The van der Waals surface area contributed by atoms with Gasteiger partial charge in [-0.2, -0.15) is 18.3 Å². The number of piperazine rings is 1. The van der Waals surface area contributed by atoms with Crippen LogP contribution in [0.1, 0.15) is 18.4 Å². The minimum atomic E-state index is -4.67. The fraction of sp³-hybridized carbons (Fsp3) is 0.474. The van der Waals surface area contributed by atoms with Gasteiger partial charge in [0.1, 0.15) is 18.8 Å². The summed E-state index contributed by atoms with van der Waals surface area (Å²) < 4.78 is 47.4. The number of aromatic nitrogens is 3. The number of benzene rings is 1. The van der Waals surface area contributed by atoms with Crippen LogP contribution in [-0.2, 0) is 15.7 Å². The van der Waals surface area contributed by atoms with Crippen molar-refractivity contribution in [3.63, 3.8) is 0 Å². The number of nitrogens with one attached hydrogen (secondary N) is 1. The lowest BCUT2D eigenvalue weighted by Crippen LogP contribution is -2.53. The summed E-state index contributed by atoms with van der Waals surface area (Å²) in [7, 11) is 0. The van der Waals surface area contributed by atoms with Crippen LogP contribution in [-0.4, -0.2) is 75.4 Å². The average Bonchev–Trinajstić information content (AvgIpc) is 3.47. The Morgan fingerprint density at radius 1 is 1.13 bits per heavy atom. The zero-order valence-electron chi connectivity index (χ0n) is 16.5. The summed E-state index contributed by atoms with van der Waals surface area (Å²) >= 11 is 0. The van der Waals surface area contributed by atoms with Gasteiger partial charge in [0.15, 0.2) is 0 Å². The van der Waals surface area contributed by atoms with E-state index in [0.29, 0.717) is 26.1 Å². The summed E-state index contributed by atoms with van der Waals surface area (Å²) in [4.78, 5) is 31.7. The van der Waals surface area contributed by atoms with Gasteiger partial charge < -0.3 is 19.9 Å². The summed E-state index contributed by atoms with van der Waals surface area (Å²) in [5.74, 6) is -0.0967. The topological polar surface area (TPSA) is 92.6 Å². The molecule has 0 saturated carbocycles. The number of ether oxygens (including phenoxy) is 1. The Bertz CT molecular complexity index is 936. The van der Waals surface area contributed by atoms with Crippen LogP contribution in [0.15, 0.2) is 30.9 Å². The van der Waals surface area contributed by atoms with E-state index in [0.717, 1.165) is 12.5 Å². The summed E-state index contributed by atoms with van der Waals surface area (Å²) in [6.07, 6.45) is -1.08. The summed E-state index contributed by atoms with van der Waals surface area (Å²) in [6, 6.07) is 2.86. The van der Waals surface area contributed by atoms with E-state index in [1.54, 1.807) is 4.90 Å². The number of amides is 3. The maximum absolute atomic E-state index is 13.6. The van der Waals surface area contributed by atoms with Crippen LogP contribution in [0.25, 0.3) is 5.69 Å². The van der Waals surface area contributed by atoms with Gasteiger partial charge in [-0.05, 0) is 31.0 Å². The Labute approximate surface area is 175 Å². The number of hydrogen-bond donors (Lipinski definition) is 1.